The Bertz CT molecular complexity index is 65.4. The predicted molar refractivity (Wildman–Crippen MR) is 60.2 cm³/mol. The van der Waals surface area contributed by atoms with Crippen LogP contribution >= 0.6 is 0 Å². The van der Waals surface area contributed by atoms with E-state index in [-0.39, 0.29) is 0 Å². The normalized spacial score (nSPS) is 24.0. The number of hydrogen-bond donors (Lipinski definition) is 4. The van der Waals surface area contributed by atoms with Crippen molar-refractivity contribution in [3.63, 3.8) is 0 Å². The maximum Gasteiger partial charge on any atom is 0.0225 e. The van der Waals surface area contributed by atoms with Crippen molar-refractivity contribution in [2.45, 2.75) is 25.7 Å². The van der Waals surface area contributed by atoms with Crippen LogP contribution in [0.25, 0.3) is 0 Å². The summed E-state index contributed by atoms with van der Waals surface area (Å²) < 4.78 is 0. The molecular formula is C10H24N4. The van der Waals surface area contributed by atoms with E-state index in [0.717, 1.165) is 39.3 Å². The van der Waals surface area contributed by atoms with E-state index >= 15 is 0 Å². The second-order valence-corrected chi connectivity index (χ2v) is 3.77. The average molecular weight is 200 g/mol. The zero-order valence-corrected chi connectivity index (χ0v) is 9.07. The van der Waals surface area contributed by atoms with Crippen molar-refractivity contribution in [3.8, 4) is 0 Å². The van der Waals surface area contributed by atoms with Crippen LogP contribution in [0.3, 0.4) is 0 Å². The summed E-state index contributed by atoms with van der Waals surface area (Å²) in [7, 11) is 0. The molecule has 0 saturated carbocycles. The van der Waals surface area contributed by atoms with Gasteiger partial charge >= 0.3 is 0 Å². The summed E-state index contributed by atoms with van der Waals surface area (Å²) in [5, 5.41) is 6.84. The third-order valence-corrected chi connectivity index (χ3v) is 2.44. The van der Waals surface area contributed by atoms with Gasteiger partial charge < -0.3 is 10.6 Å². The van der Waals surface area contributed by atoms with E-state index < -0.39 is 0 Å². The van der Waals surface area contributed by atoms with Crippen LogP contribution in [0, 0.1) is 0 Å². The Morgan fingerprint density at radius 3 is 1.43 bits per heavy atom. The average Bonchev–Trinajstić information content (AvgIpc) is 2.22. The molecule has 1 fully saturated rings. The van der Waals surface area contributed by atoms with Crippen molar-refractivity contribution in [1.29, 1.82) is 0 Å². The van der Waals surface area contributed by atoms with Gasteiger partial charge in [-0.3, -0.25) is 10.9 Å². The molecule has 1 heterocycles. The maximum atomic E-state index is 3.42. The van der Waals surface area contributed by atoms with Crippen molar-refractivity contribution in [3.05, 3.63) is 0 Å². The van der Waals surface area contributed by atoms with Crippen molar-refractivity contribution in [2.24, 2.45) is 0 Å². The van der Waals surface area contributed by atoms with E-state index in [4.69, 9.17) is 0 Å². The molecule has 14 heavy (non-hydrogen) atoms. The molecule has 0 unspecified atom stereocenters. The second kappa shape index (κ2) is 9.40. The zero-order chi connectivity index (χ0) is 9.90. The first-order valence-electron chi connectivity index (χ1n) is 5.87. The molecule has 0 aromatic rings. The molecule has 1 aliphatic rings. The molecule has 0 bridgehead atoms. The second-order valence-electron chi connectivity index (χ2n) is 3.77. The lowest BCUT2D eigenvalue weighted by Gasteiger charge is -2.10. The molecule has 0 spiro atoms. The number of rotatable bonds is 0. The Kier molecular flexibility index (Phi) is 8.00. The van der Waals surface area contributed by atoms with E-state index in [2.05, 4.69) is 21.5 Å². The highest BCUT2D eigenvalue weighted by Crippen LogP contribution is 1.97. The summed E-state index contributed by atoms with van der Waals surface area (Å²) in [4.78, 5) is 0. The smallest absolute Gasteiger partial charge is 0.0225 e. The van der Waals surface area contributed by atoms with Gasteiger partial charge in [-0.2, -0.15) is 0 Å². The molecule has 84 valence electrons. The first-order valence-corrected chi connectivity index (χ1v) is 5.87. The highest BCUT2D eigenvalue weighted by Gasteiger charge is 1.93. The number of hydrazine groups is 1. The van der Waals surface area contributed by atoms with E-state index in [1.54, 1.807) is 0 Å². The number of hydrogen-bond acceptors (Lipinski definition) is 4. The molecule has 0 atom stereocenters. The summed E-state index contributed by atoms with van der Waals surface area (Å²) in [5.41, 5.74) is 6.37. The van der Waals surface area contributed by atoms with Crippen molar-refractivity contribution >= 4 is 0 Å². The molecule has 0 aliphatic carbocycles. The highest BCUT2D eigenvalue weighted by atomic mass is 15.4. The van der Waals surface area contributed by atoms with E-state index in [9.17, 15) is 0 Å². The fourth-order valence-corrected chi connectivity index (χ4v) is 1.58. The van der Waals surface area contributed by atoms with Gasteiger partial charge in [-0.15, -0.1) is 0 Å². The molecule has 1 aliphatic heterocycles. The lowest BCUT2D eigenvalue weighted by Crippen LogP contribution is -2.41. The molecule has 0 radical (unpaired) electrons. The Hall–Kier alpha value is -0.160. The molecule has 4 heteroatoms. The third kappa shape index (κ3) is 7.26. The van der Waals surface area contributed by atoms with Gasteiger partial charge in [0, 0.05) is 26.2 Å². The summed E-state index contributed by atoms with van der Waals surface area (Å²) in [6.45, 7) is 6.44. The topological polar surface area (TPSA) is 48.1 Å². The Morgan fingerprint density at radius 1 is 0.429 bits per heavy atom. The minimum absolute atomic E-state index is 1.00. The molecule has 4 N–H and O–H groups in total. The highest BCUT2D eigenvalue weighted by molar-refractivity contribution is 4.55. The van der Waals surface area contributed by atoms with Crippen molar-refractivity contribution < 1.29 is 0 Å². The van der Waals surface area contributed by atoms with E-state index in [1.165, 1.54) is 25.7 Å². The van der Waals surface area contributed by atoms with Crippen molar-refractivity contribution in [2.75, 3.05) is 39.3 Å². The summed E-state index contributed by atoms with van der Waals surface area (Å²) in [5.74, 6) is 0. The zero-order valence-electron chi connectivity index (χ0n) is 9.07. The lowest BCUT2D eigenvalue weighted by atomic mass is 10.2. The largest absolute Gasteiger partial charge is 0.315 e. The molecule has 4 nitrogen and oxygen atoms in total. The van der Waals surface area contributed by atoms with Gasteiger partial charge in [0.05, 0.1) is 0 Å². The van der Waals surface area contributed by atoms with Gasteiger partial charge in [0.15, 0.2) is 0 Å². The van der Waals surface area contributed by atoms with Crippen LogP contribution in [0.1, 0.15) is 25.7 Å². The lowest BCUT2D eigenvalue weighted by molar-refractivity contribution is 0.481. The van der Waals surface area contributed by atoms with Gasteiger partial charge in [0.25, 0.3) is 0 Å². The SMILES string of the molecule is C1CCCNCCNNCCNCC1. The van der Waals surface area contributed by atoms with Gasteiger partial charge in [-0.05, 0) is 25.9 Å². The Labute approximate surface area is 87.2 Å². The van der Waals surface area contributed by atoms with Crippen LogP contribution in [0.5, 0.6) is 0 Å². The fourth-order valence-electron chi connectivity index (χ4n) is 1.58. The van der Waals surface area contributed by atoms with Gasteiger partial charge in [0.2, 0.25) is 0 Å². The van der Waals surface area contributed by atoms with Crippen LogP contribution in [0.15, 0.2) is 0 Å². The fraction of sp³-hybridized carbons (Fsp3) is 1.00. The first-order chi connectivity index (χ1) is 7.00. The van der Waals surface area contributed by atoms with Crippen LogP contribution < -0.4 is 21.5 Å². The van der Waals surface area contributed by atoms with Crippen LogP contribution in [0.4, 0.5) is 0 Å². The maximum absolute atomic E-state index is 3.42. The summed E-state index contributed by atoms with van der Waals surface area (Å²) in [6, 6.07) is 0. The number of nitrogens with one attached hydrogen (secondary N) is 4. The Morgan fingerprint density at radius 2 is 0.929 bits per heavy atom. The molecule has 1 rings (SSSR count). The molecule has 1 saturated heterocycles. The van der Waals surface area contributed by atoms with Crippen LogP contribution in [-0.4, -0.2) is 39.3 Å². The standard InChI is InChI=1S/C10H24N4/c1-2-4-6-12-8-10-14-13-9-7-11-5-3-1/h11-14H,1-10H2. The van der Waals surface area contributed by atoms with Gasteiger partial charge in [-0.25, -0.2) is 0 Å². The van der Waals surface area contributed by atoms with Gasteiger partial charge in [0.1, 0.15) is 0 Å². The first kappa shape index (κ1) is 11.9. The molecule has 0 amide bonds. The van der Waals surface area contributed by atoms with E-state index in [1.807, 2.05) is 0 Å². The quantitative estimate of drug-likeness (QED) is 0.439. The van der Waals surface area contributed by atoms with Gasteiger partial charge in [-0.1, -0.05) is 12.8 Å². The Balaban J connectivity index is 2.00. The molecular weight excluding hydrogens is 176 g/mol. The minimum atomic E-state index is 1.00. The monoisotopic (exact) mass is 200 g/mol. The van der Waals surface area contributed by atoms with Crippen molar-refractivity contribution in [1.82, 2.24) is 21.5 Å². The molecule has 0 aromatic carbocycles. The minimum Gasteiger partial charge on any atom is -0.315 e. The predicted octanol–water partition coefficient (Wildman–Crippen LogP) is -0.166. The summed E-state index contributed by atoms with van der Waals surface area (Å²) >= 11 is 0. The molecule has 0 aromatic heterocycles. The van der Waals surface area contributed by atoms with Crippen LogP contribution in [-0.2, 0) is 0 Å². The van der Waals surface area contributed by atoms with E-state index in [0.29, 0.717) is 0 Å². The summed E-state index contributed by atoms with van der Waals surface area (Å²) in [6.07, 6.45) is 5.35. The third-order valence-electron chi connectivity index (χ3n) is 2.44. The van der Waals surface area contributed by atoms with Crippen LogP contribution in [0.2, 0.25) is 0 Å².